The van der Waals surface area contributed by atoms with E-state index in [1.807, 2.05) is 4.90 Å². The fraction of sp³-hybridized carbons (Fsp3) is 0.520. The maximum Gasteiger partial charge on any atom is 0.336 e. The first-order valence-electron chi connectivity index (χ1n) is 12.2. The molecule has 10 nitrogen and oxygen atoms in total. The fourth-order valence-corrected chi connectivity index (χ4v) is 4.75. The number of pyridine rings is 1. The Morgan fingerprint density at radius 2 is 1.86 bits per heavy atom. The van der Waals surface area contributed by atoms with Crippen LogP contribution in [-0.2, 0) is 14.3 Å². The predicted octanol–water partition coefficient (Wildman–Crippen LogP) is 1.95. The Bertz CT molecular complexity index is 1080. The number of methoxy groups -OCH3 is 1. The maximum atomic E-state index is 12.5. The monoisotopic (exact) mass is 483 g/mol. The zero-order chi connectivity index (χ0) is 24.8. The Balaban J connectivity index is 1.44. The molecule has 2 aliphatic rings. The number of benzene rings is 1. The molecular formula is C25H33N5O5. The third-order valence-electron chi connectivity index (χ3n) is 6.71. The number of amides is 2. The highest BCUT2D eigenvalue weighted by Gasteiger charge is 2.24. The van der Waals surface area contributed by atoms with E-state index in [9.17, 15) is 19.5 Å². The van der Waals surface area contributed by atoms with Crippen molar-refractivity contribution in [3.05, 3.63) is 29.8 Å². The fourth-order valence-electron chi connectivity index (χ4n) is 4.75. The molecule has 0 spiro atoms. The Hall–Kier alpha value is -3.24. The summed E-state index contributed by atoms with van der Waals surface area (Å²) in [6.07, 6.45) is 3.94. The number of nitrogens with one attached hydrogen (secondary N) is 2. The second kappa shape index (κ2) is 11.5. The summed E-state index contributed by atoms with van der Waals surface area (Å²) >= 11 is 0. The molecular weight excluding hydrogens is 450 g/mol. The van der Waals surface area contributed by atoms with Crippen molar-refractivity contribution in [2.75, 3.05) is 63.2 Å². The number of carbonyl (C=O) groups excluding carboxylic acids is 2. The smallest absolute Gasteiger partial charge is 0.336 e. The summed E-state index contributed by atoms with van der Waals surface area (Å²) in [5.41, 5.74) is 1.31. The molecule has 1 aromatic heterocycles. The molecule has 188 valence electrons. The molecule has 35 heavy (non-hydrogen) atoms. The van der Waals surface area contributed by atoms with Crippen molar-refractivity contribution < 1.29 is 24.2 Å². The van der Waals surface area contributed by atoms with Crippen molar-refractivity contribution >= 4 is 40.2 Å². The number of hydrogen-bond acceptors (Lipinski definition) is 7. The van der Waals surface area contributed by atoms with Gasteiger partial charge in [-0.25, -0.2) is 9.78 Å². The van der Waals surface area contributed by atoms with Crippen LogP contribution in [0.25, 0.3) is 10.9 Å². The number of carbonyl (C=O) groups is 3. The van der Waals surface area contributed by atoms with E-state index in [0.29, 0.717) is 68.3 Å². The van der Waals surface area contributed by atoms with Gasteiger partial charge in [-0.15, -0.1) is 0 Å². The lowest BCUT2D eigenvalue weighted by Crippen LogP contribution is -2.50. The largest absolute Gasteiger partial charge is 0.478 e. The van der Waals surface area contributed by atoms with Crippen LogP contribution in [0.15, 0.2) is 24.3 Å². The Morgan fingerprint density at radius 1 is 1.11 bits per heavy atom. The molecule has 1 saturated heterocycles. The van der Waals surface area contributed by atoms with Crippen LogP contribution in [0.1, 0.15) is 36.0 Å². The minimum absolute atomic E-state index is 0.00597. The molecule has 2 heterocycles. The zero-order valence-corrected chi connectivity index (χ0v) is 20.1. The average molecular weight is 484 g/mol. The van der Waals surface area contributed by atoms with E-state index in [2.05, 4.69) is 15.5 Å². The predicted molar refractivity (Wildman–Crippen MR) is 133 cm³/mol. The van der Waals surface area contributed by atoms with Crippen molar-refractivity contribution in [2.45, 2.75) is 25.7 Å². The lowest BCUT2D eigenvalue weighted by molar-refractivity contribution is -0.122. The van der Waals surface area contributed by atoms with Gasteiger partial charge in [0.15, 0.2) is 0 Å². The Kier molecular flexibility index (Phi) is 8.14. The number of aromatic carboxylic acids is 1. The van der Waals surface area contributed by atoms with E-state index in [4.69, 9.17) is 9.72 Å². The van der Waals surface area contributed by atoms with E-state index < -0.39 is 5.97 Å². The molecule has 1 aromatic carbocycles. The summed E-state index contributed by atoms with van der Waals surface area (Å²) in [4.78, 5) is 45.5. The summed E-state index contributed by atoms with van der Waals surface area (Å²) in [6.45, 7) is 3.90. The van der Waals surface area contributed by atoms with Crippen LogP contribution in [0.3, 0.4) is 0 Å². The number of piperazine rings is 1. The molecule has 0 bridgehead atoms. The number of rotatable bonds is 9. The van der Waals surface area contributed by atoms with Gasteiger partial charge in [-0.1, -0.05) is 12.8 Å². The molecule has 0 radical (unpaired) electrons. The first-order valence-corrected chi connectivity index (χ1v) is 12.2. The third-order valence-corrected chi connectivity index (χ3v) is 6.71. The molecule has 3 N–H and O–H groups in total. The third kappa shape index (κ3) is 6.26. The molecule has 1 aliphatic carbocycles. The Morgan fingerprint density at radius 3 is 2.54 bits per heavy atom. The second-order valence-electron chi connectivity index (χ2n) is 9.14. The lowest BCUT2D eigenvalue weighted by atomic mass is 10.1. The summed E-state index contributed by atoms with van der Waals surface area (Å²) in [6, 6.07) is 6.83. The van der Waals surface area contributed by atoms with E-state index in [1.54, 1.807) is 31.4 Å². The quantitative estimate of drug-likeness (QED) is 0.463. The van der Waals surface area contributed by atoms with Gasteiger partial charge in [0.05, 0.1) is 24.2 Å². The van der Waals surface area contributed by atoms with Crippen molar-refractivity contribution in [2.24, 2.45) is 5.92 Å². The van der Waals surface area contributed by atoms with Crippen molar-refractivity contribution in [1.82, 2.24) is 15.2 Å². The van der Waals surface area contributed by atoms with Gasteiger partial charge in [-0.3, -0.25) is 14.5 Å². The molecule has 0 unspecified atom stereocenters. The van der Waals surface area contributed by atoms with Crippen LogP contribution in [0.5, 0.6) is 0 Å². The van der Waals surface area contributed by atoms with Crippen LogP contribution in [0, 0.1) is 5.92 Å². The SMILES string of the molecule is COCCNC(=O)CN1CCN(c2cc(C(=O)O)c3cc(NC(=O)C4CCCC4)ccc3n2)CC1. The molecule has 2 aromatic rings. The van der Waals surface area contributed by atoms with Gasteiger partial charge in [0.2, 0.25) is 11.8 Å². The normalized spacial score (nSPS) is 17.0. The highest BCUT2D eigenvalue weighted by atomic mass is 16.5. The summed E-state index contributed by atoms with van der Waals surface area (Å²) in [5, 5.41) is 16.1. The molecule has 0 atom stereocenters. The summed E-state index contributed by atoms with van der Waals surface area (Å²) in [5.74, 6) is -0.455. The van der Waals surface area contributed by atoms with Crippen LogP contribution in [0.2, 0.25) is 0 Å². The van der Waals surface area contributed by atoms with Gasteiger partial charge in [0.1, 0.15) is 5.82 Å². The van der Waals surface area contributed by atoms with E-state index >= 15 is 0 Å². The van der Waals surface area contributed by atoms with Crippen LogP contribution in [-0.4, -0.2) is 85.8 Å². The van der Waals surface area contributed by atoms with E-state index in [1.165, 1.54) is 0 Å². The molecule has 2 amide bonds. The number of nitrogens with zero attached hydrogens (tertiary/aromatic N) is 3. The number of aromatic nitrogens is 1. The Labute approximate surface area is 204 Å². The highest BCUT2D eigenvalue weighted by Crippen LogP contribution is 2.29. The molecule has 2 fully saturated rings. The average Bonchev–Trinajstić information content (AvgIpc) is 3.39. The zero-order valence-electron chi connectivity index (χ0n) is 20.1. The summed E-state index contributed by atoms with van der Waals surface area (Å²) < 4.78 is 4.94. The first-order chi connectivity index (χ1) is 16.9. The number of hydrogen-bond donors (Lipinski definition) is 3. The first kappa shape index (κ1) is 24.9. The lowest BCUT2D eigenvalue weighted by Gasteiger charge is -2.35. The van der Waals surface area contributed by atoms with Crippen LogP contribution in [0.4, 0.5) is 11.5 Å². The number of carboxylic acid groups (broad SMARTS) is 1. The van der Waals surface area contributed by atoms with Gasteiger partial charge in [-0.2, -0.15) is 0 Å². The van der Waals surface area contributed by atoms with E-state index in [-0.39, 0.29) is 23.3 Å². The van der Waals surface area contributed by atoms with Gasteiger partial charge >= 0.3 is 5.97 Å². The minimum Gasteiger partial charge on any atom is -0.478 e. The molecule has 1 aliphatic heterocycles. The van der Waals surface area contributed by atoms with Gasteiger partial charge < -0.3 is 25.4 Å². The standard InChI is InChI=1S/C25H33N5O5/c1-35-13-8-26-23(31)16-29-9-11-30(12-10-29)22-15-20(25(33)34)19-14-18(6-7-21(19)28-22)27-24(32)17-4-2-3-5-17/h6-7,14-15,17H,2-5,8-13,16H2,1H3,(H,26,31)(H,27,32)(H,33,34). The minimum atomic E-state index is -1.04. The molecule has 10 heteroatoms. The maximum absolute atomic E-state index is 12.5. The molecule has 4 rings (SSSR count). The number of anilines is 2. The number of ether oxygens (including phenoxy) is 1. The highest BCUT2D eigenvalue weighted by molar-refractivity contribution is 6.05. The summed E-state index contributed by atoms with van der Waals surface area (Å²) in [7, 11) is 1.59. The number of carboxylic acids is 1. The topological polar surface area (TPSA) is 124 Å². The second-order valence-corrected chi connectivity index (χ2v) is 9.14. The van der Waals surface area contributed by atoms with Crippen molar-refractivity contribution in [3.63, 3.8) is 0 Å². The number of fused-ring (bicyclic) bond motifs is 1. The van der Waals surface area contributed by atoms with Gasteiger partial charge in [0.25, 0.3) is 0 Å². The van der Waals surface area contributed by atoms with Crippen LogP contribution < -0.4 is 15.5 Å². The van der Waals surface area contributed by atoms with Crippen LogP contribution >= 0.6 is 0 Å². The van der Waals surface area contributed by atoms with E-state index in [0.717, 1.165) is 25.7 Å². The van der Waals surface area contributed by atoms with Gasteiger partial charge in [-0.05, 0) is 37.1 Å². The van der Waals surface area contributed by atoms with Gasteiger partial charge in [0, 0.05) is 56.8 Å². The van der Waals surface area contributed by atoms with Crippen molar-refractivity contribution in [3.8, 4) is 0 Å². The molecule has 1 saturated carbocycles. The van der Waals surface area contributed by atoms with Crippen molar-refractivity contribution in [1.29, 1.82) is 0 Å².